The van der Waals surface area contributed by atoms with E-state index in [4.69, 9.17) is 0 Å². The highest BCUT2D eigenvalue weighted by molar-refractivity contribution is 5.31. The molecule has 2 heterocycles. The second-order valence-electron chi connectivity index (χ2n) is 2.80. The fourth-order valence-electron chi connectivity index (χ4n) is 1.22. The van der Waals surface area contributed by atoms with Gasteiger partial charge in [0.1, 0.15) is 0 Å². The SMILES string of the molecule is CC.Cc1cn2ccc(=O)n(C)c2n1. The highest BCUT2D eigenvalue weighted by Crippen LogP contribution is 1.99. The summed E-state index contributed by atoms with van der Waals surface area (Å²) in [4.78, 5) is 15.4. The molecule has 0 N–H and O–H groups in total. The summed E-state index contributed by atoms with van der Waals surface area (Å²) in [6, 6.07) is 1.52. The summed E-state index contributed by atoms with van der Waals surface area (Å²) in [6.07, 6.45) is 3.60. The lowest BCUT2D eigenvalue weighted by Crippen LogP contribution is -2.17. The third kappa shape index (κ3) is 1.69. The van der Waals surface area contributed by atoms with Gasteiger partial charge in [0.25, 0.3) is 5.56 Å². The third-order valence-electron chi connectivity index (χ3n) is 1.84. The Kier molecular flexibility index (Phi) is 3.06. The number of fused-ring (bicyclic) bond motifs is 1. The van der Waals surface area contributed by atoms with Crippen LogP contribution >= 0.6 is 0 Å². The Morgan fingerprint density at radius 1 is 1.36 bits per heavy atom. The van der Waals surface area contributed by atoms with Crippen LogP contribution in [0.5, 0.6) is 0 Å². The second-order valence-corrected chi connectivity index (χ2v) is 2.80. The van der Waals surface area contributed by atoms with Crippen molar-refractivity contribution in [2.75, 3.05) is 0 Å². The van der Waals surface area contributed by atoms with Crippen molar-refractivity contribution >= 4 is 5.78 Å². The van der Waals surface area contributed by atoms with Crippen molar-refractivity contribution in [2.45, 2.75) is 20.8 Å². The Morgan fingerprint density at radius 2 is 2.00 bits per heavy atom. The van der Waals surface area contributed by atoms with Gasteiger partial charge in [-0.05, 0) is 6.92 Å². The van der Waals surface area contributed by atoms with Gasteiger partial charge in [-0.2, -0.15) is 0 Å². The molecule has 0 unspecified atom stereocenters. The number of aromatic nitrogens is 3. The molecule has 0 saturated heterocycles. The molecule has 0 aliphatic carbocycles. The normalized spacial score (nSPS) is 9.71. The molecular weight excluding hydrogens is 178 g/mol. The lowest BCUT2D eigenvalue weighted by molar-refractivity contribution is 0.842. The zero-order valence-corrected chi connectivity index (χ0v) is 8.98. The predicted octanol–water partition coefficient (Wildman–Crippen LogP) is 1.37. The van der Waals surface area contributed by atoms with Gasteiger partial charge in [0, 0.05) is 25.5 Å². The van der Waals surface area contributed by atoms with Crippen LogP contribution in [0, 0.1) is 6.92 Å². The fourth-order valence-corrected chi connectivity index (χ4v) is 1.22. The van der Waals surface area contributed by atoms with Crippen LogP contribution in [-0.4, -0.2) is 14.0 Å². The maximum atomic E-state index is 11.2. The quantitative estimate of drug-likeness (QED) is 0.634. The average Bonchev–Trinajstić information content (AvgIpc) is 2.57. The van der Waals surface area contributed by atoms with Crippen molar-refractivity contribution in [3.05, 3.63) is 34.5 Å². The first-order valence-electron chi connectivity index (χ1n) is 4.70. The van der Waals surface area contributed by atoms with E-state index in [1.165, 1.54) is 10.6 Å². The predicted molar refractivity (Wildman–Crippen MR) is 56.5 cm³/mol. The fraction of sp³-hybridized carbons (Fsp3) is 0.400. The topological polar surface area (TPSA) is 39.3 Å². The van der Waals surface area contributed by atoms with Crippen LogP contribution in [-0.2, 0) is 7.05 Å². The number of nitrogens with zero attached hydrogens (tertiary/aromatic N) is 3. The van der Waals surface area contributed by atoms with Crippen LogP contribution in [0.3, 0.4) is 0 Å². The zero-order valence-electron chi connectivity index (χ0n) is 8.98. The molecule has 0 aromatic carbocycles. The molecule has 0 saturated carbocycles. The molecular formula is C10H15N3O. The van der Waals surface area contributed by atoms with E-state index in [1.807, 2.05) is 31.4 Å². The molecule has 4 nitrogen and oxygen atoms in total. The highest BCUT2D eigenvalue weighted by Gasteiger charge is 2.00. The number of imidazole rings is 1. The van der Waals surface area contributed by atoms with E-state index >= 15 is 0 Å². The van der Waals surface area contributed by atoms with Crippen molar-refractivity contribution in [3.63, 3.8) is 0 Å². The van der Waals surface area contributed by atoms with E-state index in [1.54, 1.807) is 13.2 Å². The van der Waals surface area contributed by atoms with E-state index in [0.29, 0.717) is 5.78 Å². The molecule has 0 bridgehead atoms. The van der Waals surface area contributed by atoms with Gasteiger partial charge in [0.15, 0.2) is 0 Å². The minimum absolute atomic E-state index is 0.0342. The monoisotopic (exact) mass is 193 g/mol. The van der Waals surface area contributed by atoms with E-state index in [0.717, 1.165) is 5.69 Å². The summed E-state index contributed by atoms with van der Waals surface area (Å²) >= 11 is 0. The van der Waals surface area contributed by atoms with E-state index < -0.39 is 0 Å². The van der Waals surface area contributed by atoms with Gasteiger partial charge in [-0.3, -0.25) is 13.8 Å². The molecule has 0 radical (unpaired) electrons. The Bertz CT molecular complexity index is 482. The molecule has 14 heavy (non-hydrogen) atoms. The summed E-state index contributed by atoms with van der Waals surface area (Å²) < 4.78 is 3.35. The summed E-state index contributed by atoms with van der Waals surface area (Å²) in [6.45, 7) is 5.90. The van der Waals surface area contributed by atoms with Crippen molar-refractivity contribution in [2.24, 2.45) is 7.05 Å². The second kappa shape index (κ2) is 4.09. The van der Waals surface area contributed by atoms with Crippen molar-refractivity contribution in [3.8, 4) is 0 Å². The maximum absolute atomic E-state index is 11.2. The Balaban J connectivity index is 0.000000461. The Labute approximate surface area is 82.8 Å². The number of rotatable bonds is 0. The van der Waals surface area contributed by atoms with Gasteiger partial charge in [-0.1, -0.05) is 13.8 Å². The number of hydrogen-bond donors (Lipinski definition) is 0. The Morgan fingerprint density at radius 3 is 2.64 bits per heavy atom. The van der Waals surface area contributed by atoms with Gasteiger partial charge in [-0.15, -0.1) is 0 Å². The number of hydrogen-bond acceptors (Lipinski definition) is 2. The molecule has 2 aromatic rings. The Hall–Kier alpha value is -1.58. The van der Waals surface area contributed by atoms with Crippen molar-refractivity contribution < 1.29 is 0 Å². The first-order valence-corrected chi connectivity index (χ1v) is 4.70. The molecule has 0 fully saturated rings. The molecule has 0 aliphatic heterocycles. The molecule has 0 aliphatic rings. The molecule has 4 heteroatoms. The van der Waals surface area contributed by atoms with Crippen molar-refractivity contribution in [1.82, 2.24) is 14.0 Å². The van der Waals surface area contributed by atoms with Crippen LogP contribution in [0.25, 0.3) is 5.78 Å². The maximum Gasteiger partial charge on any atom is 0.254 e. The molecule has 76 valence electrons. The minimum atomic E-state index is -0.0342. The van der Waals surface area contributed by atoms with Crippen LogP contribution in [0.2, 0.25) is 0 Å². The first-order chi connectivity index (χ1) is 6.68. The summed E-state index contributed by atoms with van der Waals surface area (Å²) in [5.74, 6) is 0.681. The smallest absolute Gasteiger partial charge is 0.254 e. The van der Waals surface area contributed by atoms with Crippen LogP contribution in [0.4, 0.5) is 0 Å². The van der Waals surface area contributed by atoms with Crippen LogP contribution in [0.15, 0.2) is 23.3 Å². The first kappa shape index (κ1) is 10.5. The molecule has 0 atom stereocenters. The lowest BCUT2D eigenvalue weighted by Gasteiger charge is -1.97. The summed E-state index contributed by atoms with van der Waals surface area (Å²) in [5.41, 5.74) is 0.879. The van der Waals surface area contributed by atoms with E-state index in [9.17, 15) is 4.79 Å². The molecule has 0 amide bonds. The highest BCUT2D eigenvalue weighted by atomic mass is 16.1. The summed E-state index contributed by atoms with van der Waals surface area (Å²) in [5, 5.41) is 0. The van der Waals surface area contributed by atoms with Gasteiger partial charge in [0.05, 0.1) is 5.69 Å². The van der Waals surface area contributed by atoms with Gasteiger partial charge in [-0.25, -0.2) is 4.98 Å². The standard InChI is InChI=1S/C8H9N3O.C2H6/c1-6-5-11-4-3-7(12)10(2)8(11)9-6;1-2/h3-5H,1-2H3;1-2H3. The minimum Gasteiger partial charge on any atom is -0.292 e. The van der Waals surface area contributed by atoms with Gasteiger partial charge < -0.3 is 0 Å². The average molecular weight is 193 g/mol. The van der Waals surface area contributed by atoms with Gasteiger partial charge in [0.2, 0.25) is 5.78 Å². The molecule has 2 rings (SSSR count). The molecule has 2 aromatic heterocycles. The summed E-state index contributed by atoms with van der Waals surface area (Å²) in [7, 11) is 1.71. The zero-order chi connectivity index (χ0) is 10.7. The third-order valence-corrected chi connectivity index (χ3v) is 1.84. The van der Waals surface area contributed by atoms with Gasteiger partial charge >= 0.3 is 0 Å². The van der Waals surface area contributed by atoms with E-state index in [-0.39, 0.29) is 5.56 Å². The van der Waals surface area contributed by atoms with Crippen LogP contribution in [0.1, 0.15) is 19.5 Å². The largest absolute Gasteiger partial charge is 0.292 e. The molecule has 0 spiro atoms. The van der Waals surface area contributed by atoms with E-state index in [2.05, 4.69) is 4.98 Å². The number of aryl methyl sites for hydroxylation is 2. The van der Waals surface area contributed by atoms with Crippen molar-refractivity contribution in [1.29, 1.82) is 0 Å². The van der Waals surface area contributed by atoms with Crippen LogP contribution < -0.4 is 5.56 Å². The lowest BCUT2D eigenvalue weighted by atomic mass is 10.6.